The number of nitrogens with zero attached hydrogens (tertiary/aromatic N) is 4. The van der Waals surface area contributed by atoms with E-state index in [0.29, 0.717) is 12.1 Å². The fourth-order valence-electron chi connectivity index (χ4n) is 2.25. The smallest absolute Gasteiger partial charge is 0.244 e. The molecule has 0 fully saturated rings. The van der Waals surface area contributed by atoms with Gasteiger partial charge < -0.3 is 9.84 Å². The first-order valence-corrected chi connectivity index (χ1v) is 9.81. The fraction of sp³-hybridized carbons (Fsp3) is 0.353. The van der Waals surface area contributed by atoms with Gasteiger partial charge in [0.05, 0.1) is 26.1 Å². The highest BCUT2D eigenvalue weighted by Gasteiger charge is 2.20. The van der Waals surface area contributed by atoms with Gasteiger partial charge in [0.15, 0.2) is 0 Å². The highest BCUT2D eigenvalue weighted by molar-refractivity contribution is 7.89. The minimum absolute atomic E-state index is 0.0632. The molecule has 2 aromatic rings. The van der Waals surface area contributed by atoms with Crippen LogP contribution in [-0.4, -0.2) is 54.0 Å². The molecule has 2 rings (SSSR count). The zero-order chi connectivity index (χ0) is 20.7. The monoisotopic (exact) mass is 411 g/mol. The van der Waals surface area contributed by atoms with Crippen LogP contribution in [0.2, 0.25) is 0 Å². The third-order valence-electron chi connectivity index (χ3n) is 3.56. The summed E-state index contributed by atoms with van der Waals surface area (Å²) >= 11 is 0. The molecule has 152 valence electrons. The molecule has 1 aromatic carbocycles. The summed E-state index contributed by atoms with van der Waals surface area (Å²) < 4.78 is 44.8. The Hall–Kier alpha value is -2.63. The average molecular weight is 411 g/mol. The third kappa shape index (κ3) is 5.68. The van der Waals surface area contributed by atoms with E-state index in [0.717, 1.165) is 5.57 Å². The van der Waals surface area contributed by atoms with Crippen LogP contribution in [0.25, 0.3) is 11.4 Å². The van der Waals surface area contributed by atoms with Gasteiger partial charge in [0.2, 0.25) is 15.8 Å². The second kappa shape index (κ2) is 9.53. The number of allylic oxidation sites excluding steroid dienone is 4. The van der Waals surface area contributed by atoms with Crippen molar-refractivity contribution in [1.29, 1.82) is 0 Å². The van der Waals surface area contributed by atoms with Crippen LogP contribution >= 0.6 is 0 Å². The van der Waals surface area contributed by atoms with Gasteiger partial charge in [-0.3, -0.25) is 0 Å². The molecule has 11 heteroatoms. The number of nitrogens with one attached hydrogen (secondary N) is 1. The Morgan fingerprint density at radius 1 is 1.36 bits per heavy atom. The number of hydrogen-bond acceptors (Lipinski definition) is 7. The number of halogens is 1. The van der Waals surface area contributed by atoms with Gasteiger partial charge in [-0.15, -0.1) is 10.2 Å². The van der Waals surface area contributed by atoms with Crippen molar-refractivity contribution in [2.75, 3.05) is 20.3 Å². The average Bonchev–Trinajstić information content (AvgIpc) is 3.12. The van der Waals surface area contributed by atoms with Crippen LogP contribution < -0.4 is 9.46 Å². The van der Waals surface area contributed by atoms with Gasteiger partial charge in [-0.25, -0.2) is 17.5 Å². The first kappa shape index (κ1) is 21.7. The van der Waals surface area contributed by atoms with Gasteiger partial charge in [-0.1, -0.05) is 11.6 Å². The van der Waals surface area contributed by atoms with Crippen molar-refractivity contribution in [3.8, 4) is 17.1 Å². The zero-order valence-corrected chi connectivity index (χ0v) is 16.6. The topological polar surface area (TPSA) is 119 Å². The lowest BCUT2D eigenvalue weighted by atomic mass is 10.2. The van der Waals surface area contributed by atoms with Crippen molar-refractivity contribution >= 4 is 10.0 Å². The van der Waals surface area contributed by atoms with E-state index in [1.54, 1.807) is 6.08 Å². The number of ether oxygens (including phenoxy) is 1. The lowest BCUT2D eigenvalue weighted by molar-refractivity contribution is 0.301. The molecule has 0 saturated carbocycles. The van der Waals surface area contributed by atoms with Crippen LogP contribution in [0.15, 0.2) is 46.6 Å². The molecule has 2 N–H and O–H groups in total. The molecule has 28 heavy (non-hydrogen) atoms. The van der Waals surface area contributed by atoms with E-state index in [1.165, 1.54) is 43.1 Å². The summed E-state index contributed by atoms with van der Waals surface area (Å²) in [7, 11) is -2.48. The molecule has 9 nitrogen and oxygen atoms in total. The van der Waals surface area contributed by atoms with Gasteiger partial charge in [0.25, 0.3) is 0 Å². The minimum Gasteiger partial charge on any atom is -0.495 e. The maximum atomic E-state index is 12.8. The molecule has 1 heterocycles. The molecule has 0 spiro atoms. The van der Waals surface area contributed by atoms with Crippen molar-refractivity contribution in [3.63, 3.8) is 0 Å². The van der Waals surface area contributed by atoms with E-state index in [-0.39, 0.29) is 35.4 Å². The van der Waals surface area contributed by atoms with Gasteiger partial charge in [0, 0.05) is 12.1 Å². The van der Waals surface area contributed by atoms with Gasteiger partial charge in [-0.2, -0.15) is 4.80 Å². The Morgan fingerprint density at radius 2 is 2.11 bits per heavy atom. The molecule has 0 aliphatic carbocycles. The van der Waals surface area contributed by atoms with Crippen molar-refractivity contribution in [2.24, 2.45) is 0 Å². The number of aromatic nitrogens is 4. The molecule has 0 saturated heterocycles. The molecule has 0 atom stereocenters. The number of sulfonamides is 1. The Bertz CT molecular complexity index is 981. The van der Waals surface area contributed by atoms with Crippen LogP contribution in [0.1, 0.15) is 13.8 Å². The van der Waals surface area contributed by atoms with E-state index in [2.05, 4.69) is 20.1 Å². The Kier molecular flexibility index (Phi) is 7.38. The maximum absolute atomic E-state index is 12.8. The largest absolute Gasteiger partial charge is 0.495 e. The first-order chi connectivity index (χ1) is 13.3. The number of tetrazole rings is 1. The lowest BCUT2D eigenvalue weighted by Gasteiger charge is -2.10. The molecular formula is C17H22FN5O4S. The molecule has 0 aliphatic rings. The third-order valence-corrected chi connectivity index (χ3v) is 5.06. The normalized spacial score (nSPS) is 13.0. The van der Waals surface area contributed by atoms with Crippen LogP contribution in [0, 0.1) is 0 Å². The van der Waals surface area contributed by atoms with E-state index < -0.39 is 10.0 Å². The van der Waals surface area contributed by atoms with E-state index >= 15 is 0 Å². The van der Waals surface area contributed by atoms with E-state index in [1.807, 2.05) is 6.92 Å². The summed E-state index contributed by atoms with van der Waals surface area (Å²) in [5, 5.41) is 21.0. The van der Waals surface area contributed by atoms with Crippen molar-refractivity contribution in [2.45, 2.75) is 25.3 Å². The highest BCUT2D eigenvalue weighted by Crippen LogP contribution is 2.28. The number of methoxy groups -OCH3 is 1. The second-order valence-electron chi connectivity index (χ2n) is 5.90. The number of benzene rings is 1. The molecular weight excluding hydrogens is 389 g/mol. The number of aliphatic hydroxyl groups excluding tert-OH is 1. The van der Waals surface area contributed by atoms with Crippen LogP contribution in [0.4, 0.5) is 4.39 Å². The van der Waals surface area contributed by atoms with Crippen LogP contribution in [0.5, 0.6) is 5.75 Å². The number of aliphatic hydroxyl groups is 1. The van der Waals surface area contributed by atoms with Crippen molar-refractivity contribution < 1.29 is 22.7 Å². The van der Waals surface area contributed by atoms with Crippen molar-refractivity contribution in [1.82, 2.24) is 24.9 Å². The minimum atomic E-state index is -3.83. The molecule has 0 amide bonds. The molecule has 0 aliphatic heterocycles. The van der Waals surface area contributed by atoms with Crippen LogP contribution in [0.3, 0.4) is 0 Å². The van der Waals surface area contributed by atoms with Crippen LogP contribution in [-0.2, 0) is 16.6 Å². The summed E-state index contributed by atoms with van der Waals surface area (Å²) in [5.74, 6) is 0.0942. The standard InChI is InChI=1S/C17H22FN5O4S/c1-12(4-5-13(2)18)11-23-21-17(20-22-23)14-6-7-16(15(10-14)27-3)28(25,26)19-8-9-24/h4-7,10,19,24H,8-9,11H2,1-3H3/b12-4+,13-5+. The number of rotatable bonds is 9. The summed E-state index contributed by atoms with van der Waals surface area (Å²) in [6.07, 6.45) is 2.97. The van der Waals surface area contributed by atoms with Crippen molar-refractivity contribution in [3.05, 3.63) is 41.8 Å². The highest BCUT2D eigenvalue weighted by atomic mass is 32.2. The maximum Gasteiger partial charge on any atom is 0.244 e. The second-order valence-corrected chi connectivity index (χ2v) is 7.63. The summed E-state index contributed by atoms with van der Waals surface area (Å²) in [6.45, 7) is 3.07. The quantitative estimate of drug-likeness (QED) is 0.599. The predicted octanol–water partition coefficient (Wildman–Crippen LogP) is 1.44. The summed E-state index contributed by atoms with van der Waals surface area (Å²) in [4.78, 5) is 1.29. The Morgan fingerprint density at radius 3 is 2.75 bits per heavy atom. The Labute approximate surface area is 162 Å². The molecule has 0 bridgehead atoms. The lowest BCUT2D eigenvalue weighted by Crippen LogP contribution is -2.27. The van der Waals surface area contributed by atoms with E-state index in [9.17, 15) is 12.8 Å². The molecule has 0 radical (unpaired) electrons. The predicted molar refractivity (Wildman–Crippen MR) is 101 cm³/mol. The fourth-order valence-corrected chi connectivity index (χ4v) is 3.41. The van der Waals surface area contributed by atoms with Gasteiger partial charge >= 0.3 is 0 Å². The number of hydrogen-bond donors (Lipinski definition) is 2. The summed E-state index contributed by atoms with van der Waals surface area (Å²) in [6, 6.07) is 4.40. The zero-order valence-electron chi connectivity index (χ0n) is 15.8. The molecule has 1 aromatic heterocycles. The first-order valence-electron chi connectivity index (χ1n) is 8.33. The van der Waals surface area contributed by atoms with Gasteiger partial charge in [0.1, 0.15) is 10.6 Å². The SMILES string of the molecule is COc1cc(-c2nnn(C/C(C)=C/C=C(\C)F)n2)ccc1S(=O)(=O)NCCO. The van der Waals surface area contributed by atoms with Gasteiger partial charge in [-0.05, 0) is 43.3 Å². The summed E-state index contributed by atoms with van der Waals surface area (Å²) in [5.41, 5.74) is 1.35. The Balaban J connectivity index is 2.26. The van der Waals surface area contributed by atoms with E-state index in [4.69, 9.17) is 9.84 Å². The molecule has 0 unspecified atom stereocenters.